The standard InChI is InChI=1S/C15H22BrNS/c1-2-9-17-11-12-7-8-14(10-15(12)16)18-13-5-3-4-6-13/h7-8,10,13,17H,2-6,9,11H2,1H3. The molecule has 0 atom stereocenters. The van der Waals surface area contributed by atoms with Crippen molar-refractivity contribution in [2.24, 2.45) is 0 Å². The van der Waals surface area contributed by atoms with Crippen LogP contribution in [-0.4, -0.2) is 11.8 Å². The van der Waals surface area contributed by atoms with Gasteiger partial charge in [-0.3, -0.25) is 0 Å². The van der Waals surface area contributed by atoms with Gasteiger partial charge in [0, 0.05) is 21.2 Å². The number of hydrogen-bond acceptors (Lipinski definition) is 2. The molecule has 100 valence electrons. The number of nitrogens with one attached hydrogen (secondary N) is 1. The monoisotopic (exact) mass is 327 g/mol. The zero-order valence-electron chi connectivity index (χ0n) is 11.0. The summed E-state index contributed by atoms with van der Waals surface area (Å²) >= 11 is 5.75. The first kappa shape index (κ1) is 14.4. The van der Waals surface area contributed by atoms with Crippen LogP contribution >= 0.6 is 27.7 Å². The summed E-state index contributed by atoms with van der Waals surface area (Å²) in [5, 5.41) is 4.30. The third kappa shape index (κ3) is 4.29. The summed E-state index contributed by atoms with van der Waals surface area (Å²) in [6, 6.07) is 6.81. The highest BCUT2D eigenvalue weighted by atomic mass is 79.9. The van der Waals surface area contributed by atoms with Crippen LogP contribution in [0.15, 0.2) is 27.6 Å². The fraction of sp³-hybridized carbons (Fsp3) is 0.600. The second kappa shape index (κ2) is 7.56. The minimum atomic E-state index is 0.848. The Bertz CT molecular complexity index is 375. The van der Waals surface area contributed by atoms with Gasteiger partial charge in [-0.1, -0.05) is 41.8 Å². The molecule has 1 N–H and O–H groups in total. The fourth-order valence-electron chi connectivity index (χ4n) is 2.34. The summed E-state index contributed by atoms with van der Waals surface area (Å²) in [4.78, 5) is 1.41. The van der Waals surface area contributed by atoms with Crippen LogP contribution < -0.4 is 5.32 Å². The van der Waals surface area contributed by atoms with Gasteiger partial charge in [-0.25, -0.2) is 0 Å². The Labute approximate surface area is 123 Å². The molecule has 0 heterocycles. The molecule has 2 rings (SSSR count). The van der Waals surface area contributed by atoms with Gasteiger partial charge in [0.1, 0.15) is 0 Å². The normalized spacial score (nSPS) is 16.3. The minimum absolute atomic E-state index is 0.848. The molecule has 1 aliphatic rings. The number of rotatable bonds is 6. The van der Waals surface area contributed by atoms with Crippen molar-refractivity contribution < 1.29 is 0 Å². The van der Waals surface area contributed by atoms with E-state index in [1.807, 2.05) is 0 Å². The Morgan fingerprint density at radius 2 is 2.11 bits per heavy atom. The van der Waals surface area contributed by atoms with Gasteiger partial charge in [0.25, 0.3) is 0 Å². The number of halogens is 1. The zero-order chi connectivity index (χ0) is 12.8. The van der Waals surface area contributed by atoms with Crippen LogP contribution in [0.1, 0.15) is 44.6 Å². The van der Waals surface area contributed by atoms with Crippen LogP contribution in [0.2, 0.25) is 0 Å². The second-order valence-electron chi connectivity index (χ2n) is 4.95. The van der Waals surface area contributed by atoms with Crippen molar-refractivity contribution in [3.63, 3.8) is 0 Å². The molecule has 1 aromatic carbocycles. The molecule has 0 amide bonds. The Morgan fingerprint density at radius 3 is 2.78 bits per heavy atom. The molecule has 1 nitrogen and oxygen atoms in total. The SMILES string of the molecule is CCCNCc1ccc(SC2CCCC2)cc1Br. The van der Waals surface area contributed by atoms with E-state index < -0.39 is 0 Å². The Hall–Kier alpha value is 0.01000. The van der Waals surface area contributed by atoms with Gasteiger partial charge in [-0.05, 0) is 43.5 Å². The zero-order valence-corrected chi connectivity index (χ0v) is 13.4. The van der Waals surface area contributed by atoms with E-state index in [0.29, 0.717) is 0 Å². The first-order chi connectivity index (χ1) is 8.79. The molecule has 0 bridgehead atoms. The van der Waals surface area contributed by atoms with Gasteiger partial charge in [0.05, 0.1) is 0 Å². The molecule has 0 spiro atoms. The van der Waals surface area contributed by atoms with E-state index in [9.17, 15) is 0 Å². The van der Waals surface area contributed by atoms with E-state index >= 15 is 0 Å². The Kier molecular flexibility index (Phi) is 6.06. The summed E-state index contributed by atoms with van der Waals surface area (Å²) in [6.07, 6.45) is 6.80. The lowest BCUT2D eigenvalue weighted by molar-refractivity contribution is 0.673. The van der Waals surface area contributed by atoms with Gasteiger partial charge in [0.2, 0.25) is 0 Å². The molecular weight excluding hydrogens is 306 g/mol. The maximum absolute atomic E-state index is 3.70. The predicted octanol–water partition coefficient (Wildman–Crippen LogP) is 4.98. The largest absolute Gasteiger partial charge is 0.313 e. The third-order valence-electron chi connectivity index (χ3n) is 3.37. The van der Waals surface area contributed by atoms with Crippen LogP contribution in [0.4, 0.5) is 0 Å². The second-order valence-corrected chi connectivity index (χ2v) is 7.18. The highest BCUT2D eigenvalue weighted by Crippen LogP contribution is 2.36. The molecule has 0 aliphatic heterocycles. The highest BCUT2D eigenvalue weighted by Gasteiger charge is 2.16. The van der Waals surface area contributed by atoms with Crippen LogP contribution in [-0.2, 0) is 6.54 Å². The third-order valence-corrected chi connectivity index (χ3v) is 5.44. The molecule has 1 saturated carbocycles. The molecule has 1 aliphatic carbocycles. The van der Waals surface area contributed by atoms with Gasteiger partial charge in [-0.2, -0.15) is 0 Å². The van der Waals surface area contributed by atoms with E-state index in [4.69, 9.17) is 0 Å². The number of hydrogen-bond donors (Lipinski definition) is 1. The van der Waals surface area contributed by atoms with E-state index in [-0.39, 0.29) is 0 Å². The van der Waals surface area contributed by atoms with E-state index in [1.165, 1.54) is 47.0 Å². The lowest BCUT2D eigenvalue weighted by atomic mass is 10.2. The smallest absolute Gasteiger partial charge is 0.0231 e. The first-order valence-corrected chi connectivity index (χ1v) is 8.62. The van der Waals surface area contributed by atoms with E-state index in [1.54, 1.807) is 0 Å². The van der Waals surface area contributed by atoms with Crippen molar-refractivity contribution in [2.75, 3.05) is 6.54 Å². The van der Waals surface area contributed by atoms with Crippen molar-refractivity contribution in [1.29, 1.82) is 0 Å². The fourth-order valence-corrected chi connectivity index (χ4v) is 4.30. The molecule has 0 unspecified atom stereocenters. The van der Waals surface area contributed by atoms with E-state index in [0.717, 1.165) is 18.3 Å². The lowest BCUT2D eigenvalue weighted by Gasteiger charge is -2.11. The molecule has 0 aromatic heterocycles. The van der Waals surface area contributed by atoms with Crippen LogP contribution in [0.5, 0.6) is 0 Å². The van der Waals surface area contributed by atoms with Crippen molar-refractivity contribution >= 4 is 27.7 Å². The Morgan fingerprint density at radius 1 is 1.33 bits per heavy atom. The molecule has 18 heavy (non-hydrogen) atoms. The van der Waals surface area contributed by atoms with Gasteiger partial charge in [-0.15, -0.1) is 11.8 Å². The summed E-state index contributed by atoms with van der Waals surface area (Å²) in [7, 11) is 0. The highest BCUT2D eigenvalue weighted by molar-refractivity contribution is 9.10. The van der Waals surface area contributed by atoms with Crippen LogP contribution in [0, 0.1) is 0 Å². The van der Waals surface area contributed by atoms with Crippen molar-refractivity contribution in [1.82, 2.24) is 5.32 Å². The first-order valence-electron chi connectivity index (χ1n) is 6.95. The van der Waals surface area contributed by atoms with Crippen molar-refractivity contribution in [3.05, 3.63) is 28.2 Å². The summed E-state index contributed by atoms with van der Waals surface area (Å²) in [6.45, 7) is 4.25. The average Bonchev–Trinajstić information content (AvgIpc) is 2.85. The van der Waals surface area contributed by atoms with Crippen LogP contribution in [0.25, 0.3) is 0 Å². The number of benzene rings is 1. The van der Waals surface area contributed by atoms with Gasteiger partial charge >= 0.3 is 0 Å². The van der Waals surface area contributed by atoms with Gasteiger partial charge in [0.15, 0.2) is 0 Å². The number of thioether (sulfide) groups is 1. The van der Waals surface area contributed by atoms with Crippen molar-refractivity contribution in [2.45, 2.75) is 55.7 Å². The molecule has 0 saturated heterocycles. The minimum Gasteiger partial charge on any atom is -0.313 e. The lowest BCUT2D eigenvalue weighted by Crippen LogP contribution is -2.14. The Balaban J connectivity index is 1.91. The molecule has 3 heteroatoms. The van der Waals surface area contributed by atoms with Gasteiger partial charge < -0.3 is 5.32 Å². The van der Waals surface area contributed by atoms with Crippen molar-refractivity contribution in [3.8, 4) is 0 Å². The maximum atomic E-state index is 3.70. The summed E-state index contributed by atoms with van der Waals surface area (Å²) in [5.74, 6) is 0. The summed E-state index contributed by atoms with van der Waals surface area (Å²) in [5.41, 5.74) is 1.36. The quantitative estimate of drug-likeness (QED) is 0.739. The van der Waals surface area contributed by atoms with Crippen LogP contribution in [0.3, 0.4) is 0 Å². The van der Waals surface area contributed by atoms with E-state index in [2.05, 4.69) is 58.1 Å². The maximum Gasteiger partial charge on any atom is 0.0231 e. The molecule has 1 fully saturated rings. The summed E-state index contributed by atoms with van der Waals surface area (Å²) < 4.78 is 1.24. The average molecular weight is 328 g/mol. The predicted molar refractivity (Wildman–Crippen MR) is 84.3 cm³/mol. The molecular formula is C15H22BrNS. The topological polar surface area (TPSA) is 12.0 Å². The molecule has 0 radical (unpaired) electrons. The molecule has 1 aromatic rings.